The molecule has 0 aliphatic carbocycles. The summed E-state index contributed by atoms with van der Waals surface area (Å²) < 4.78 is 5.03. The van der Waals surface area contributed by atoms with Gasteiger partial charge in [0.1, 0.15) is 5.82 Å². The number of aromatic nitrogens is 1. The highest BCUT2D eigenvalue weighted by atomic mass is 16.5. The van der Waals surface area contributed by atoms with Crippen molar-refractivity contribution in [2.45, 2.75) is 6.92 Å². The molecule has 0 saturated heterocycles. The molecule has 0 amide bonds. The van der Waals surface area contributed by atoms with Gasteiger partial charge in [-0.2, -0.15) is 0 Å². The molecule has 1 aromatic heterocycles. The molecule has 0 fully saturated rings. The first-order chi connectivity index (χ1) is 7.17. The molecule has 0 spiro atoms. The number of anilines is 1. The molecule has 0 N–H and O–H groups in total. The smallest absolute Gasteiger partial charge is 0.129 e. The van der Waals surface area contributed by atoms with Gasteiger partial charge in [-0.05, 0) is 30.7 Å². The molecule has 82 valence electrons. The highest BCUT2D eigenvalue weighted by Gasteiger charge is 2.03. The van der Waals surface area contributed by atoms with Gasteiger partial charge in [-0.25, -0.2) is 4.98 Å². The van der Waals surface area contributed by atoms with Gasteiger partial charge in [0, 0.05) is 20.7 Å². The van der Waals surface area contributed by atoms with E-state index in [0.717, 1.165) is 18.1 Å². The van der Waals surface area contributed by atoms with E-state index < -0.39 is 0 Å². The first kappa shape index (κ1) is 11.7. The predicted molar refractivity (Wildman–Crippen MR) is 64.2 cm³/mol. The van der Waals surface area contributed by atoms with Crippen LogP contribution in [-0.4, -0.2) is 32.3 Å². The van der Waals surface area contributed by atoms with Crippen LogP contribution in [0.5, 0.6) is 0 Å². The summed E-state index contributed by atoms with van der Waals surface area (Å²) in [6.45, 7) is 7.33. The van der Waals surface area contributed by atoms with Crippen molar-refractivity contribution >= 4 is 11.9 Å². The zero-order chi connectivity index (χ0) is 11.3. The number of aryl methyl sites for hydroxylation is 1. The van der Waals surface area contributed by atoms with Crippen LogP contribution in [0.15, 0.2) is 18.7 Å². The molecule has 1 heterocycles. The molecule has 0 bridgehead atoms. The summed E-state index contributed by atoms with van der Waals surface area (Å²) in [5.74, 6) is 0.960. The van der Waals surface area contributed by atoms with Crippen LogP contribution in [0.25, 0.3) is 6.08 Å². The summed E-state index contributed by atoms with van der Waals surface area (Å²) in [7, 11) is 3.71. The Bertz CT molecular complexity index is 336. The Balaban J connectivity index is 2.83. The number of ether oxygens (including phenoxy) is 1. The molecule has 0 atom stereocenters. The Hall–Kier alpha value is -1.35. The summed E-state index contributed by atoms with van der Waals surface area (Å²) in [6, 6.07) is 4.07. The van der Waals surface area contributed by atoms with Crippen LogP contribution in [0.2, 0.25) is 0 Å². The molecule has 3 nitrogen and oxygen atoms in total. The first-order valence-electron chi connectivity index (χ1n) is 4.98. The van der Waals surface area contributed by atoms with Crippen molar-refractivity contribution in [1.29, 1.82) is 0 Å². The molecule has 1 rings (SSSR count). The van der Waals surface area contributed by atoms with E-state index in [4.69, 9.17) is 4.74 Å². The van der Waals surface area contributed by atoms with Gasteiger partial charge < -0.3 is 9.64 Å². The minimum absolute atomic E-state index is 0.704. The van der Waals surface area contributed by atoms with Crippen molar-refractivity contribution in [3.8, 4) is 0 Å². The van der Waals surface area contributed by atoms with E-state index in [9.17, 15) is 0 Å². The van der Waals surface area contributed by atoms with E-state index in [2.05, 4.69) is 29.5 Å². The fraction of sp³-hybridized carbons (Fsp3) is 0.417. The summed E-state index contributed by atoms with van der Waals surface area (Å²) >= 11 is 0. The van der Waals surface area contributed by atoms with E-state index in [1.165, 1.54) is 5.56 Å². The van der Waals surface area contributed by atoms with Gasteiger partial charge >= 0.3 is 0 Å². The Morgan fingerprint density at radius 1 is 1.53 bits per heavy atom. The van der Waals surface area contributed by atoms with Crippen LogP contribution in [0.1, 0.15) is 11.3 Å². The summed E-state index contributed by atoms with van der Waals surface area (Å²) in [5, 5.41) is 0. The number of nitrogens with zero attached hydrogens (tertiary/aromatic N) is 2. The van der Waals surface area contributed by atoms with Gasteiger partial charge in [-0.3, -0.25) is 0 Å². The van der Waals surface area contributed by atoms with Crippen molar-refractivity contribution in [2.24, 2.45) is 0 Å². The summed E-state index contributed by atoms with van der Waals surface area (Å²) in [5.41, 5.74) is 2.11. The molecule has 0 unspecified atom stereocenters. The van der Waals surface area contributed by atoms with Crippen molar-refractivity contribution in [1.82, 2.24) is 4.98 Å². The molecule has 15 heavy (non-hydrogen) atoms. The minimum atomic E-state index is 0.704. The van der Waals surface area contributed by atoms with Crippen LogP contribution in [0.3, 0.4) is 0 Å². The molecule has 0 aliphatic rings. The van der Waals surface area contributed by atoms with Gasteiger partial charge in [0.25, 0.3) is 0 Å². The lowest BCUT2D eigenvalue weighted by atomic mass is 10.2. The maximum absolute atomic E-state index is 5.03. The summed E-state index contributed by atoms with van der Waals surface area (Å²) in [6.07, 6.45) is 1.76. The topological polar surface area (TPSA) is 25.4 Å². The maximum atomic E-state index is 5.03. The monoisotopic (exact) mass is 206 g/mol. The van der Waals surface area contributed by atoms with Gasteiger partial charge in [0.05, 0.1) is 12.3 Å². The Labute approximate surface area is 91.4 Å². The molecule has 1 aromatic rings. The quantitative estimate of drug-likeness (QED) is 0.738. The van der Waals surface area contributed by atoms with Crippen molar-refractivity contribution in [2.75, 3.05) is 32.2 Å². The number of methoxy groups -OCH3 is 1. The molecule has 0 saturated carbocycles. The van der Waals surface area contributed by atoms with Gasteiger partial charge in [-0.15, -0.1) is 0 Å². The van der Waals surface area contributed by atoms with Crippen LogP contribution in [0, 0.1) is 6.92 Å². The summed E-state index contributed by atoms with van der Waals surface area (Å²) in [4.78, 5) is 6.53. The molecular weight excluding hydrogens is 188 g/mol. The second-order valence-electron chi connectivity index (χ2n) is 3.55. The van der Waals surface area contributed by atoms with E-state index in [0.29, 0.717) is 6.61 Å². The lowest BCUT2D eigenvalue weighted by Gasteiger charge is -2.18. The third-order valence-electron chi connectivity index (χ3n) is 2.21. The van der Waals surface area contributed by atoms with Crippen LogP contribution >= 0.6 is 0 Å². The number of likely N-dealkylation sites (N-methyl/N-ethyl adjacent to an activating group) is 1. The van der Waals surface area contributed by atoms with Gasteiger partial charge in [-0.1, -0.05) is 6.58 Å². The van der Waals surface area contributed by atoms with E-state index in [-0.39, 0.29) is 0 Å². The fourth-order valence-electron chi connectivity index (χ4n) is 1.32. The van der Waals surface area contributed by atoms with Gasteiger partial charge in [0.15, 0.2) is 0 Å². The van der Waals surface area contributed by atoms with Gasteiger partial charge in [0.2, 0.25) is 0 Å². The molecule has 3 heteroatoms. The van der Waals surface area contributed by atoms with Crippen molar-refractivity contribution in [3.63, 3.8) is 0 Å². The SMILES string of the molecule is C=Cc1cc(C)cc(N(C)CCOC)n1. The van der Waals surface area contributed by atoms with E-state index >= 15 is 0 Å². The Kier molecular flexibility index (Phi) is 4.31. The lowest BCUT2D eigenvalue weighted by molar-refractivity contribution is 0.206. The Morgan fingerprint density at radius 2 is 2.27 bits per heavy atom. The minimum Gasteiger partial charge on any atom is -0.383 e. The third kappa shape index (κ3) is 3.36. The normalized spacial score (nSPS) is 10.1. The molecular formula is C12H18N2O. The maximum Gasteiger partial charge on any atom is 0.129 e. The first-order valence-corrected chi connectivity index (χ1v) is 4.98. The highest BCUT2D eigenvalue weighted by Crippen LogP contribution is 2.13. The average molecular weight is 206 g/mol. The van der Waals surface area contributed by atoms with E-state index in [1.54, 1.807) is 13.2 Å². The number of rotatable bonds is 5. The fourth-order valence-corrected chi connectivity index (χ4v) is 1.32. The van der Waals surface area contributed by atoms with Crippen LogP contribution in [-0.2, 0) is 4.74 Å². The second-order valence-corrected chi connectivity index (χ2v) is 3.55. The standard InChI is InChI=1S/C12H18N2O/c1-5-11-8-10(2)9-12(13-11)14(3)6-7-15-4/h5,8-9H,1,6-7H2,2-4H3. The third-order valence-corrected chi connectivity index (χ3v) is 2.21. The molecule has 0 aromatic carbocycles. The zero-order valence-corrected chi connectivity index (χ0v) is 9.66. The number of hydrogen-bond donors (Lipinski definition) is 0. The van der Waals surface area contributed by atoms with Crippen LogP contribution < -0.4 is 4.90 Å². The number of pyridine rings is 1. The highest BCUT2D eigenvalue weighted by molar-refractivity contribution is 5.50. The van der Waals surface area contributed by atoms with Crippen LogP contribution in [0.4, 0.5) is 5.82 Å². The predicted octanol–water partition coefficient (Wildman–Crippen LogP) is 2.12. The second kappa shape index (κ2) is 5.51. The number of hydrogen-bond acceptors (Lipinski definition) is 3. The van der Waals surface area contributed by atoms with Crippen molar-refractivity contribution in [3.05, 3.63) is 30.0 Å². The lowest BCUT2D eigenvalue weighted by Crippen LogP contribution is -2.23. The largest absolute Gasteiger partial charge is 0.383 e. The van der Waals surface area contributed by atoms with E-state index in [1.807, 2.05) is 13.1 Å². The average Bonchev–Trinajstić information content (AvgIpc) is 2.24. The molecule has 0 radical (unpaired) electrons. The Morgan fingerprint density at radius 3 is 2.87 bits per heavy atom. The van der Waals surface area contributed by atoms with Crippen molar-refractivity contribution < 1.29 is 4.74 Å². The molecule has 0 aliphatic heterocycles. The zero-order valence-electron chi connectivity index (χ0n) is 9.66.